The van der Waals surface area contributed by atoms with Crippen molar-refractivity contribution >= 4 is 27.3 Å². The predicted octanol–water partition coefficient (Wildman–Crippen LogP) is 2.42. The SMILES string of the molecule is COc1ccccc1OCC(=O)Nc1ccc2c(c1)CCCN2S(C)(=O)=O. The van der Waals surface area contributed by atoms with Gasteiger partial charge in [-0.2, -0.15) is 0 Å². The summed E-state index contributed by atoms with van der Waals surface area (Å²) < 4.78 is 35.9. The lowest BCUT2D eigenvalue weighted by atomic mass is 10.0. The fraction of sp³-hybridized carbons (Fsp3) is 0.316. The molecule has 0 radical (unpaired) electrons. The average Bonchev–Trinajstić information content (AvgIpc) is 2.65. The molecule has 0 bridgehead atoms. The molecule has 1 aliphatic rings. The van der Waals surface area contributed by atoms with Crippen LogP contribution in [-0.2, 0) is 21.2 Å². The van der Waals surface area contributed by atoms with Crippen molar-refractivity contribution in [2.75, 3.05) is 36.1 Å². The summed E-state index contributed by atoms with van der Waals surface area (Å²) >= 11 is 0. The van der Waals surface area contributed by atoms with Crippen molar-refractivity contribution in [1.29, 1.82) is 0 Å². The molecule has 1 N–H and O–H groups in total. The standard InChI is InChI=1S/C19H22N2O5S/c1-25-17-7-3-4-8-18(17)26-13-19(22)20-15-9-10-16-14(12-15)6-5-11-21(16)27(2,23)24/h3-4,7-10,12H,5-6,11,13H2,1-2H3,(H,20,22). The smallest absolute Gasteiger partial charge is 0.262 e. The number of nitrogens with zero attached hydrogens (tertiary/aromatic N) is 1. The highest BCUT2D eigenvalue weighted by Crippen LogP contribution is 2.31. The molecular formula is C19H22N2O5S. The molecule has 1 heterocycles. The molecule has 1 aliphatic heterocycles. The second-order valence-electron chi connectivity index (χ2n) is 6.27. The number of nitrogens with one attached hydrogen (secondary N) is 1. The van der Waals surface area contributed by atoms with Crippen molar-refractivity contribution in [2.45, 2.75) is 12.8 Å². The van der Waals surface area contributed by atoms with Crippen molar-refractivity contribution in [1.82, 2.24) is 0 Å². The Morgan fingerprint density at radius 2 is 1.93 bits per heavy atom. The molecule has 2 aromatic carbocycles. The van der Waals surface area contributed by atoms with Crippen LogP contribution >= 0.6 is 0 Å². The highest BCUT2D eigenvalue weighted by Gasteiger charge is 2.24. The molecule has 8 heteroatoms. The van der Waals surface area contributed by atoms with E-state index in [1.54, 1.807) is 30.3 Å². The van der Waals surface area contributed by atoms with Crippen LogP contribution in [0.4, 0.5) is 11.4 Å². The van der Waals surface area contributed by atoms with E-state index in [0.29, 0.717) is 29.4 Å². The molecule has 0 aromatic heterocycles. The summed E-state index contributed by atoms with van der Waals surface area (Å²) in [4.78, 5) is 12.2. The number of sulfonamides is 1. The zero-order chi connectivity index (χ0) is 19.4. The van der Waals surface area contributed by atoms with E-state index in [2.05, 4.69) is 5.32 Å². The van der Waals surface area contributed by atoms with E-state index in [1.807, 2.05) is 12.1 Å². The van der Waals surface area contributed by atoms with Crippen LogP contribution in [-0.4, -0.2) is 40.8 Å². The molecule has 2 aromatic rings. The van der Waals surface area contributed by atoms with Crippen LogP contribution < -0.4 is 19.1 Å². The first-order chi connectivity index (χ1) is 12.9. The minimum absolute atomic E-state index is 0.160. The molecular weight excluding hydrogens is 368 g/mol. The van der Waals surface area contributed by atoms with Crippen molar-refractivity contribution in [3.63, 3.8) is 0 Å². The van der Waals surface area contributed by atoms with Gasteiger partial charge in [-0.05, 0) is 48.7 Å². The molecule has 0 spiro atoms. The third kappa shape index (κ3) is 4.51. The van der Waals surface area contributed by atoms with Gasteiger partial charge in [-0.3, -0.25) is 9.10 Å². The van der Waals surface area contributed by atoms with Crippen LogP contribution in [0.15, 0.2) is 42.5 Å². The maximum Gasteiger partial charge on any atom is 0.262 e. The molecule has 0 atom stereocenters. The summed E-state index contributed by atoms with van der Waals surface area (Å²) in [6.45, 7) is 0.317. The number of aryl methyl sites for hydroxylation is 1. The summed E-state index contributed by atoms with van der Waals surface area (Å²) in [5, 5.41) is 2.78. The van der Waals surface area contributed by atoms with Gasteiger partial charge in [0.1, 0.15) is 0 Å². The molecule has 7 nitrogen and oxygen atoms in total. The summed E-state index contributed by atoms with van der Waals surface area (Å²) in [6.07, 6.45) is 2.71. The number of para-hydroxylation sites is 2. The van der Waals surface area contributed by atoms with Crippen molar-refractivity contribution in [2.24, 2.45) is 0 Å². The normalized spacial score (nSPS) is 13.6. The number of amides is 1. The van der Waals surface area contributed by atoms with E-state index in [1.165, 1.54) is 17.7 Å². The molecule has 0 aliphatic carbocycles. The quantitative estimate of drug-likeness (QED) is 0.819. The van der Waals surface area contributed by atoms with Crippen LogP contribution in [0.3, 0.4) is 0 Å². The Hall–Kier alpha value is -2.74. The fourth-order valence-corrected chi connectivity index (χ4v) is 4.06. The number of anilines is 2. The monoisotopic (exact) mass is 390 g/mol. The number of rotatable bonds is 6. The van der Waals surface area contributed by atoms with Gasteiger partial charge in [0.25, 0.3) is 5.91 Å². The number of hydrogen-bond acceptors (Lipinski definition) is 5. The Morgan fingerprint density at radius 3 is 2.63 bits per heavy atom. The van der Waals surface area contributed by atoms with Gasteiger partial charge in [0.05, 0.1) is 19.1 Å². The lowest BCUT2D eigenvalue weighted by Crippen LogP contribution is -2.34. The number of ether oxygens (including phenoxy) is 2. The lowest BCUT2D eigenvalue weighted by molar-refractivity contribution is -0.118. The third-order valence-corrected chi connectivity index (χ3v) is 5.45. The average molecular weight is 390 g/mol. The molecule has 1 amide bonds. The van der Waals surface area contributed by atoms with E-state index in [4.69, 9.17) is 9.47 Å². The van der Waals surface area contributed by atoms with Gasteiger partial charge in [-0.25, -0.2) is 8.42 Å². The van der Waals surface area contributed by atoms with E-state index >= 15 is 0 Å². The summed E-state index contributed by atoms with van der Waals surface area (Å²) in [5.41, 5.74) is 2.18. The lowest BCUT2D eigenvalue weighted by Gasteiger charge is -2.29. The van der Waals surface area contributed by atoms with Crippen LogP contribution in [0.5, 0.6) is 11.5 Å². The van der Waals surface area contributed by atoms with Gasteiger partial charge in [0.2, 0.25) is 10.0 Å². The molecule has 3 rings (SSSR count). The maximum absolute atomic E-state index is 12.2. The first-order valence-corrected chi connectivity index (χ1v) is 10.4. The highest BCUT2D eigenvalue weighted by atomic mass is 32.2. The Bertz CT molecular complexity index is 943. The molecule has 0 fully saturated rings. The first kappa shape index (κ1) is 19.0. The third-order valence-electron chi connectivity index (χ3n) is 4.27. The Morgan fingerprint density at radius 1 is 1.19 bits per heavy atom. The largest absolute Gasteiger partial charge is 0.493 e. The minimum Gasteiger partial charge on any atom is -0.493 e. The van der Waals surface area contributed by atoms with Gasteiger partial charge in [0, 0.05) is 12.2 Å². The zero-order valence-corrected chi connectivity index (χ0v) is 16.1. The predicted molar refractivity (Wildman–Crippen MR) is 104 cm³/mol. The van der Waals surface area contributed by atoms with Crippen molar-refractivity contribution in [3.8, 4) is 11.5 Å². The number of fused-ring (bicyclic) bond motifs is 1. The maximum atomic E-state index is 12.2. The fourth-order valence-electron chi connectivity index (χ4n) is 3.06. The highest BCUT2D eigenvalue weighted by molar-refractivity contribution is 7.92. The van der Waals surface area contributed by atoms with Gasteiger partial charge < -0.3 is 14.8 Å². The van der Waals surface area contributed by atoms with Crippen LogP contribution in [0.1, 0.15) is 12.0 Å². The summed E-state index contributed by atoms with van der Waals surface area (Å²) in [5.74, 6) is 0.737. The Balaban J connectivity index is 1.67. The van der Waals surface area contributed by atoms with Crippen molar-refractivity contribution in [3.05, 3.63) is 48.0 Å². The first-order valence-electron chi connectivity index (χ1n) is 8.55. The molecule has 0 saturated heterocycles. The summed E-state index contributed by atoms with van der Waals surface area (Å²) in [7, 11) is -1.77. The number of hydrogen-bond donors (Lipinski definition) is 1. The van der Waals surface area contributed by atoms with Crippen molar-refractivity contribution < 1.29 is 22.7 Å². The molecule has 144 valence electrons. The number of methoxy groups -OCH3 is 1. The van der Waals surface area contributed by atoms with Gasteiger partial charge >= 0.3 is 0 Å². The molecule has 27 heavy (non-hydrogen) atoms. The molecule has 0 saturated carbocycles. The zero-order valence-electron chi connectivity index (χ0n) is 15.3. The second-order valence-corrected chi connectivity index (χ2v) is 8.18. The number of carbonyl (C=O) groups excluding carboxylic acids is 1. The minimum atomic E-state index is -3.31. The Labute approximate surface area is 158 Å². The van der Waals surface area contributed by atoms with Gasteiger partial charge in [-0.15, -0.1) is 0 Å². The second kappa shape index (κ2) is 7.87. The molecule has 0 unspecified atom stereocenters. The van der Waals surface area contributed by atoms with E-state index < -0.39 is 10.0 Å². The Kier molecular flexibility index (Phi) is 5.55. The van der Waals surface area contributed by atoms with E-state index in [-0.39, 0.29) is 12.5 Å². The van der Waals surface area contributed by atoms with Crippen LogP contribution in [0, 0.1) is 0 Å². The van der Waals surface area contributed by atoms with E-state index in [0.717, 1.165) is 18.4 Å². The number of carbonyl (C=O) groups is 1. The van der Waals surface area contributed by atoms with Crippen LogP contribution in [0.25, 0.3) is 0 Å². The van der Waals surface area contributed by atoms with Gasteiger partial charge in [0.15, 0.2) is 18.1 Å². The van der Waals surface area contributed by atoms with Gasteiger partial charge in [-0.1, -0.05) is 12.1 Å². The van der Waals surface area contributed by atoms with Crippen LogP contribution in [0.2, 0.25) is 0 Å². The number of benzene rings is 2. The topological polar surface area (TPSA) is 84.9 Å². The van der Waals surface area contributed by atoms with E-state index in [9.17, 15) is 13.2 Å². The summed E-state index contributed by atoms with van der Waals surface area (Å²) in [6, 6.07) is 12.3.